The zero-order chi connectivity index (χ0) is 42.1. The van der Waals surface area contributed by atoms with E-state index in [-0.39, 0.29) is 0 Å². The second-order valence-electron chi connectivity index (χ2n) is 15.8. The predicted molar refractivity (Wildman–Crippen MR) is 259 cm³/mol. The zero-order valence-electron chi connectivity index (χ0n) is 34.0. The molecule has 0 saturated carbocycles. The molecule has 13 aromatic rings. The van der Waals surface area contributed by atoms with Crippen molar-refractivity contribution in [3.05, 3.63) is 188 Å². The second-order valence-corrected chi connectivity index (χ2v) is 16.8. The molecule has 0 aliphatic carbocycles. The van der Waals surface area contributed by atoms with E-state index in [1.807, 2.05) is 54.7 Å². The Kier molecular flexibility index (Phi) is 8.28. The lowest BCUT2D eigenvalue weighted by Gasteiger charge is -2.21. The lowest BCUT2D eigenvalue weighted by molar-refractivity contribution is 0.632. The van der Waals surface area contributed by atoms with Gasteiger partial charge < -0.3 is 14.4 Å². The van der Waals surface area contributed by atoms with Gasteiger partial charge in [-0.1, -0.05) is 139 Å². The highest BCUT2D eigenvalue weighted by atomic mass is 32.2. The molecule has 0 unspecified atom stereocenters. The van der Waals surface area contributed by atoms with Gasteiger partial charge in [0.15, 0.2) is 0 Å². The fourth-order valence-electron chi connectivity index (χ4n) is 9.13. The van der Waals surface area contributed by atoms with Crippen LogP contribution in [0.4, 0.5) is 0 Å². The van der Waals surface area contributed by atoms with E-state index >= 15 is 0 Å². The molecule has 0 spiro atoms. The van der Waals surface area contributed by atoms with E-state index in [0.717, 1.165) is 104 Å². The number of nitrogens with one attached hydrogen (secondary N) is 2. The number of para-hydroxylation sites is 4. The van der Waals surface area contributed by atoms with Crippen LogP contribution in [0.5, 0.6) is 0 Å². The molecule has 5 aromatic heterocycles. The smallest absolute Gasteiger partial charge is 0.140 e. The van der Waals surface area contributed by atoms with Crippen molar-refractivity contribution in [1.82, 2.24) is 34.9 Å². The summed E-state index contributed by atoms with van der Waals surface area (Å²) in [4.78, 5) is 35.3. The first-order chi connectivity index (χ1) is 31.7. The molecule has 0 atom stereocenters. The number of rotatable bonds is 7. The van der Waals surface area contributed by atoms with Gasteiger partial charge in [-0.25, -0.2) is 15.0 Å². The minimum absolute atomic E-state index is 0.628. The summed E-state index contributed by atoms with van der Waals surface area (Å²) < 4.78 is 6.91. The van der Waals surface area contributed by atoms with Crippen LogP contribution in [-0.4, -0.2) is 34.9 Å². The van der Waals surface area contributed by atoms with Crippen molar-refractivity contribution < 1.29 is 4.42 Å². The van der Waals surface area contributed by atoms with Crippen LogP contribution in [0.15, 0.2) is 203 Å². The van der Waals surface area contributed by atoms with Gasteiger partial charge in [-0.05, 0) is 64.0 Å². The van der Waals surface area contributed by atoms with Crippen LogP contribution < -0.4 is 0 Å². The van der Waals surface area contributed by atoms with Crippen LogP contribution in [0.1, 0.15) is 0 Å². The number of hydrogen-bond donors (Lipinski definition) is 2. The van der Waals surface area contributed by atoms with Crippen LogP contribution in [0.25, 0.3) is 122 Å². The summed E-state index contributed by atoms with van der Waals surface area (Å²) in [5.74, 6) is 1.27. The van der Waals surface area contributed by atoms with Crippen molar-refractivity contribution in [2.45, 2.75) is 9.92 Å². The quantitative estimate of drug-likeness (QED) is 0.164. The lowest BCUT2D eigenvalue weighted by atomic mass is 9.88. The Bertz CT molecular complexity index is 3850. The molecule has 0 aliphatic rings. The highest BCUT2D eigenvalue weighted by molar-refractivity contribution is 7.99. The first-order valence-corrected chi connectivity index (χ1v) is 21.9. The molecule has 0 saturated heterocycles. The first kappa shape index (κ1) is 36.3. The predicted octanol–water partition coefficient (Wildman–Crippen LogP) is 14.3. The average Bonchev–Trinajstić information content (AvgIpc) is 4.10. The molecular weight excluding hydrogens is 807 g/mol. The van der Waals surface area contributed by atoms with E-state index in [2.05, 4.69) is 136 Å². The minimum atomic E-state index is 0.628. The molecule has 0 radical (unpaired) electrons. The topological polar surface area (TPSA) is 109 Å². The van der Waals surface area contributed by atoms with Gasteiger partial charge in [-0.3, -0.25) is 9.97 Å². The number of aromatic amines is 2. The molecule has 300 valence electrons. The monoisotopic (exact) mass is 839 g/mol. The molecule has 0 bridgehead atoms. The van der Waals surface area contributed by atoms with Gasteiger partial charge in [0, 0.05) is 61.5 Å². The summed E-state index contributed by atoms with van der Waals surface area (Å²) >= 11 is 1.62. The largest absolute Gasteiger partial charge is 0.456 e. The maximum atomic E-state index is 6.91. The maximum absolute atomic E-state index is 6.91. The number of H-pyrrole nitrogens is 2. The number of nitrogens with zero attached hydrogens (tertiary/aromatic N) is 5. The van der Waals surface area contributed by atoms with Gasteiger partial charge >= 0.3 is 0 Å². The molecule has 0 aliphatic heterocycles. The summed E-state index contributed by atoms with van der Waals surface area (Å²) in [5.41, 5.74) is 11.2. The van der Waals surface area contributed by atoms with Gasteiger partial charge in [-0.15, -0.1) is 0 Å². The third kappa shape index (κ3) is 5.90. The van der Waals surface area contributed by atoms with Crippen molar-refractivity contribution in [2.24, 2.45) is 0 Å². The number of imidazole rings is 1. The summed E-state index contributed by atoms with van der Waals surface area (Å²) in [6, 6.07) is 58.5. The van der Waals surface area contributed by atoms with Crippen LogP contribution in [0.3, 0.4) is 0 Å². The molecule has 5 heterocycles. The molecule has 8 aromatic carbocycles. The van der Waals surface area contributed by atoms with Crippen LogP contribution in [-0.2, 0) is 0 Å². The first-order valence-electron chi connectivity index (χ1n) is 21.1. The Hall–Kier alpha value is -8.40. The van der Waals surface area contributed by atoms with Crippen molar-refractivity contribution in [3.63, 3.8) is 0 Å². The SMILES string of the molecule is c1ccc2[nH]c(-c3c(-c4cnccn4)c(-c4nc5ccccc5[nH]4)c(-c4cc5ccccc5o4)c4nc(Sc5cccc6ccccc56)c(-c5cccc6ccccc56)nc34)cc2c1. The average molecular weight is 840 g/mol. The molecule has 8 nitrogen and oxygen atoms in total. The Labute approximate surface area is 369 Å². The Morgan fingerprint density at radius 3 is 2.02 bits per heavy atom. The molecule has 2 N–H and O–H groups in total. The number of benzene rings is 8. The van der Waals surface area contributed by atoms with Crippen molar-refractivity contribution in [1.29, 1.82) is 0 Å². The summed E-state index contributed by atoms with van der Waals surface area (Å²) in [6.45, 7) is 0. The molecule has 9 heteroatoms. The third-order valence-electron chi connectivity index (χ3n) is 12.0. The number of furan rings is 1. The Morgan fingerprint density at radius 1 is 0.500 bits per heavy atom. The van der Waals surface area contributed by atoms with Gasteiger partial charge in [0.2, 0.25) is 0 Å². The minimum Gasteiger partial charge on any atom is -0.456 e. The van der Waals surface area contributed by atoms with E-state index in [1.165, 1.54) is 0 Å². The van der Waals surface area contributed by atoms with Gasteiger partial charge in [0.05, 0.1) is 28.5 Å². The number of hydrogen-bond acceptors (Lipinski definition) is 7. The van der Waals surface area contributed by atoms with Gasteiger partial charge in [-0.2, -0.15) is 0 Å². The van der Waals surface area contributed by atoms with Crippen LogP contribution >= 0.6 is 11.8 Å². The maximum Gasteiger partial charge on any atom is 0.140 e. The standard InChI is InChI=1S/C55H33N7OS/c1-5-19-36-32(13-1)17-11-21-38(36)51-55(64-46-26-12-18-33-14-2-6-20-37(33)46)62-53-49(45-30-35-16-4-10-25-44(35)63-45)50(54-59-40-23-8-9-24-41(40)60-54)47(43-31-56-27-28-57-43)48(52(53)61-51)42-29-34-15-3-7-22-39(34)58-42/h1-31,58H,(H,59,60). The Balaban J connectivity index is 1.26. The summed E-state index contributed by atoms with van der Waals surface area (Å²) in [7, 11) is 0. The van der Waals surface area contributed by atoms with E-state index in [9.17, 15) is 0 Å². The highest BCUT2D eigenvalue weighted by Crippen LogP contribution is 2.52. The van der Waals surface area contributed by atoms with Gasteiger partial charge in [0.25, 0.3) is 0 Å². The summed E-state index contributed by atoms with van der Waals surface area (Å²) in [6.07, 6.45) is 5.24. The molecule has 64 heavy (non-hydrogen) atoms. The third-order valence-corrected chi connectivity index (χ3v) is 13.1. The van der Waals surface area contributed by atoms with Crippen molar-refractivity contribution in [3.8, 4) is 56.5 Å². The van der Waals surface area contributed by atoms with E-state index in [0.29, 0.717) is 28.3 Å². The highest BCUT2D eigenvalue weighted by Gasteiger charge is 2.32. The molecule has 0 amide bonds. The fraction of sp³-hybridized carbons (Fsp3) is 0. The van der Waals surface area contributed by atoms with Crippen molar-refractivity contribution in [2.75, 3.05) is 0 Å². The van der Waals surface area contributed by atoms with Crippen LogP contribution in [0, 0.1) is 0 Å². The zero-order valence-corrected chi connectivity index (χ0v) is 34.8. The van der Waals surface area contributed by atoms with E-state index in [1.54, 1.807) is 24.2 Å². The molecule has 0 fully saturated rings. The Morgan fingerprint density at radius 2 is 1.20 bits per heavy atom. The second kappa shape index (κ2) is 14.6. The van der Waals surface area contributed by atoms with Crippen LogP contribution in [0.2, 0.25) is 0 Å². The molecular formula is C55H33N7OS. The number of fused-ring (bicyclic) bond motifs is 6. The lowest BCUT2D eigenvalue weighted by Crippen LogP contribution is -2.04. The van der Waals surface area contributed by atoms with Gasteiger partial charge in [0.1, 0.15) is 38.9 Å². The van der Waals surface area contributed by atoms with E-state index < -0.39 is 0 Å². The normalized spacial score (nSPS) is 11.8. The number of aromatic nitrogens is 7. The van der Waals surface area contributed by atoms with Crippen molar-refractivity contribution >= 4 is 77.2 Å². The van der Waals surface area contributed by atoms with E-state index in [4.69, 9.17) is 24.4 Å². The summed E-state index contributed by atoms with van der Waals surface area (Å²) in [5, 5.41) is 7.26. The molecule has 13 rings (SSSR count). The fourth-order valence-corrected chi connectivity index (χ4v) is 10.2.